The Morgan fingerprint density at radius 1 is 1.15 bits per heavy atom. The van der Waals surface area contributed by atoms with Crippen molar-refractivity contribution >= 4 is 28.3 Å². The highest BCUT2D eigenvalue weighted by Gasteiger charge is 2.33. The lowest BCUT2D eigenvalue weighted by Gasteiger charge is -2.27. The number of rotatable bonds is 9. The maximum Gasteiger partial charge on any atom is 0.573 e. The molecule has 10 nitrogen and oxygen atoms in total. The zero-order valence-corrected chi connectivity index (χ0v) is 21.3. The van der Waals surface area contributed by atoms with E-state index >= 15 is 0 Å². The Balaban J connectivity index is 1.34. The van der Waals surface area contributed by atoms with Crippen LogP contribution >= 0.6 is 11.3 Å². The van der Waals surface area contributed by atoms with Crippen molar-refractivity contribution in [1.82, 2.24) is 20.4 Å². The number of carbonyl (C=O) groups excluding carboxylic acids is 1. The van der Waals surface area contributed by atoms with Crippen LogP contribution in [-0.2, 0) is 16.0 Å². The van der Waals surface area contributed by atoms with Crippen molar-refractivity contribution in [3.63, 3.8) is 0 Å². The molecule has 1 aromatic carbocycles. The van der Waals surface area contributed by atoms with Gasteiger partial charge in [-0.15, -0.1) is 23.4 Å². The van der Waals surface area contributed by atoms with Crippen molar-refractivity contribution in [2.45, 2.75) is 50.5 Å². The number of ether oxygens (including phenoxy) is 2. The number of carboxylic acids is 1. The molecular formula is C24H23F4N5O5S. The molecule has 2 aromatic heterocycles. The fourth-order valence-corrected chi connectivity index (χ4v) is 5.32. The Hall–Kier alpha value is -3.72. The van der Waals surface area contributed by atoms with Crippen LogP contribution in [-0.4, -0.2) is 50.8 Å². The molecule has 2 heterocycles. The van der Waals surface area contributed by atoms with Gasteiger partial charge in [0.2, 0.25) is 5.13 Å². The minimum atomic E-state index is -4.98. The van der Waals surface area contributed by atoms with Gasteiger partial charge in [-0.1, -0.05) is 11.3 Å². The predicted molar refractivity (Wildman–Crippen MR) is 129 cm³/mol. The van der Waals surface area contributed by atoms with E-state index in [4.69, 9.17) is 9.84 Å². The normalized spacial score (nSPS) is 18.4. The van der Waals surface area contributed by atoms with Gasteiger partial charge in [-0.3, -0.25) is 10.1 Å². The first-order valence-electron chi connectivity index (χ1n) is 11.8. The number of amides is 1. The zero-order chi connectivity index (χ0) is 28.2. The van der Waals surface area contributed by atoms with Crippen LogP contribution in [0.25, 0.3) is 0 Å². The highest BCUT2D eigenvalue weighted by atomic mass is 32.1. The molecule has 3 aromatic rings. The molecule has 1 fully saturated rings. The first kappa shape index (κ1) is 28.3. The third-order valence-electron chi connectivity index (χ3n) is 6.30. The summed E-state index contributed by atoms with van der Waals surface area (Å²) in [6.45, 7) is 0. The van der Waals surface area contributed by atoms with E-state index in [1.54, 1.807) is 6.07 Å². The van der Waals surface area contributed by atoms with Crippen molar-refractivity contribution in [2.75, 3.05) is 12.4 Å². The second-order valence-electron chi connectivity index (χ2n) is 8.93. The number of hydrogen-bond acceptors (Lipinski definition) is 9. The molecule has 0 spiro atoms. The lowest BCUT2D eigenvalue weighted by molar-refractivity contribution is -0.274. The number of benzene rings is 1. The molecule has 0 radical (unpaired) electrons. The number of carboxylic acid groups (broad SMARTS) is 1. The van der Waals surface area contributed by atoms with Gasteiger partial charge in [0.1, 0.15) is 16.6 Å². The SMILES string of the molecule is CO[C@@H](C(=O)Nc1nnc(CC2CCC(c3cc(C(=O)O)cnn3)CC2)s1)c1cc(OC(F)(F)F)ccc1F. The summed E-state index contributed by atoms with van der Waals surface area (Å²) in [4.78, 5) is 23.9. The minimum Gasteiger partial charge on any atom is -0.478 e. The van der Waals surface area contributed by atoms with E-state index in [1.807, 2.05) is 0 Å². The summed E-state index contributed by atoms with van der Waals surface area (Å²) >= 11 is 1.13. The number of alkyl halides is 3. The van der Waals surface area contributed by atoms with Gasteiger partial charge in [-0.25, -0.2) is 9.18 Å². The first-order valence-corrected chi connectivity index (χ1v) is 12.6. The van der Waals surface area contributed by atoms with Crippen LogP contribution in [0.5, 0.6) is 5.75 Å². The summed E-state index contributed by atoms with van der Waals surface area (Å²) in [5.41, 5.74) is 0.331. The third-order valence-corrected chi connectivity index (χ3v) is 7.16. The summed E-state index contributed by atoms with van der Waals surface area (Å²) < 4.78 is 60.8. The summed E-state index contributed by atoms with van der Waals surface area (Å²) in [6, 6.07) is 3.85. The third kappa shape index (κ3) is 7.44. The molecule has 0 aliphatic heterocycles. The van der Waals surface area contributed by atoms with E-state index < -0.39 is 41.5 Å². The fraction of sp³-hybridized carbons (Fsp3) is 0.417. The van der Waals surface area contributed by atoms with Crippen molar-refractivity contribution < 1.29 is 41.7 Å². The largest absolute Gasteiger partial charge is 0.573 e. The molecule has 208 valence electrons. The number of nitrogens with one attached hydrogen (secondary N) is 1. The average molecular weight is 570 g/mol. The minimum absolute atomic E-state index is 0.103. The van der Waals surface area contributed by atoms with Gasteiger partial charge < -0.3 is 14.6 Å². The molecule has 2 N–H and O–H groups in total. The number of carbonyl (C=O) groups is 2. The Morgan fingerprint density at radius 2 is 1.90 bits per heavy atom. The van der Waals surface area contributed by atoms with E-state index in [0.29, 0.717) is 23.0 Å². The standard InChI is InChI=1S/C24H23F4N5O5S/c1-37-20(16-10-15(6-7-17(16)25)38-24(26,27)28)21(34)30-23-33-32-19(39-23)8-12-2-4-13(5-3-12)18-9-14(22(35)36)11-29-31-18/h6-7,9-13,20H,2-5,8H2,1H3,(H,35,36)(H,30,33,34)/t12?,13?,20-/m1/s1. The Labute approximate surface area is 223 Å². The topological polar surface area (TPSA) is 136 Å². The number of aromatic nitrogens is 4. The highest BCUT2D eigenvalue weighted by molar-refractivity contribution is 7.15. The maximum absolute atomic E-state index is 14.3. The highest BCUT2D eigenvalue weighted by Crippen LogP contribution is 2.37. The van der Waals surface area contributed by atoms with Crippen LogP contribution in [0, 0.1) is 11.7 Å². The maximum atomic E-state index is 14.3. The Kier molecular flexibility index (Phi) is 8.70. The van der Waals surface area contributed by atoms with Gasteiger partial charge in [0.25, 0.3) is 5.91 Å². The number of aromatic carboxylic acids is 1. The quantitative estimate of drug-likeness (QED) is 0.345. The van der Waals surface area contributed by atoms with Gasteiger partial charge in [-0.2, -0.15) is 10.2 Å². The van der Waals surface area contributed by atoms with Crippen molar-refractivity contribution in [3.05, 3.63) is 58.1 Å². The second-order valence-corrected chi connectivity index (χ2v) is 10.00. The number of hydrogen-bond donors (Lipinski definition) is 2. The second kappa shape index (κ2) is 12.0. The monoisotopic (exact) mass is 569 g/mol. The van der Waals surface area contributed by atoms with Crippen LogP contribution in [0.4, 0.5) is 22.7 Å². The summed E-state index contributed by atoms with van der Waals surface area (Å²) in [5, 5.41) is 28.4. The van der Waals surface area contributed by atoms with Gasteiger partial charge in [0.15, 0.2) is 6.10 Å². The van der Waals surface area contributed by atoms with Crippen molar-refractivity contribution in [3.8, 4) is 5.75 Å². The molecule has 1 aliphatic rings. The van der Waals surface area contributed by atoms with Gasteiger partial charge in [0, 0.05) is 25.0 Å². The van der Waals surface area contributed by atoms with E-state index in [0.717, 1.165) is 62.3 Å². The van der Waals surface area contributed by atoms with Crippen LogP contribution in [0.3, 0.4) is 0 Å². The Morgan fingerprint density at radius 3 is 2.56 bits per heavy atom. The van der Waals surface area contributed by atoms with E-state index in [9.17, 15) is 27.2 Å². The molecule has 39 heavy (non-hydrogen) atoms. The first-order chi connectivity index (χ1) is 18.5. The molecule has 4 rings (SSSR count). The number of nitrogens with zero attached hydrogens (tertiary/aromatic N) is 4. The lowest BCUT2D eigenvalue weighted by Crippen LogP contribution is -2.24. The molecule has 1 amide bonds. The summed E-state index contributed by atoms with van der Waals surface area (Å²) in [6.07, 6.45) is -1.40. The molecule has 0 unspecified atom stereocenters. The molecule has 0 bridgehead atoms. The fourth-order valence-electron chi connectivity index (χ4n) is 4.46. The van der Waals surface area contributed by atoms with Gasteiger partial charge >= 0.3 is 12.3 Å². The molecule has 15 heteroatoms. The molecular weight excluding hydrogens is 546 g/mol. The number of anilines is 1. The Bertz CT molecular complexity index is 1330. The van der Waals surface area contributed by atoms with Crippen molar-refractivity contribution in [2.24, 2.45) is 5.92 Å². The van der Waals surface area contributed by atoms with E-state index in [-0.39, 0.29) is 16.6 Å². The lowest BCUT2D eigenvalue weighted by atomic mass is 9.79. The number of methoxy groups -OCH3 is 1. The van der Waals surface area contributed by atoms with Crippen molar-refractivity contribution in [1.29, 1.82) is 0 Å². The molecule has 1 saturated carbocycles. The van der Waals surface area contributed by atoms with Crippen LogP contribution < -0.4 is 10.1 Å². The summed E-state index contributed by atoms with van der Waals surface area (Å²) in [7, 11) is 1.12. The number of halogens is 4. The molecule has 1 atom stereocenters. The van der Waals surface area contributed by atoms with Gasteiger partial charge in [0.05, 0.1) is 17.5 Å². The summed E-state index contributed by atoms with van der Waals surface area (Å²) in [5.74, 6) is -3.11. The van der Waals surface area contributed by atoms with E-state index in [1.165, 1.54) is 6.20 Å². The molecule has 0 saturated heterocycles. The van der Waals surface area contributed by atoms with E-state index in [2.05, 4.69) is 30.4 Å². The predicted octanol–water partition coefficient (Wildman–Crippen LogP) is 4.91. The van der Waals surface area contributed by atoms with Crippen LogP contribution in [0.2, 0.25) is 0 Å². The molecule has 1 aliphatic carbocycles. The van der Waals surface area contributed by atoms with Crippen LogP contribution in [0.15, 0.2) is 30.5 Å². The van der Waals surface area contributed by atoms with Gasteiger partial charge in [-0.05, 0) is 55.9 Å². The average Bonchev–Trinajstić information content (AvgIpc) is 3.32. The zero-order valence-electron chi connectivity index (χ0n) is 20.4. The smallest absolute Gasteiger partial charge is 0.478 e. The van der Waals surface area contributed by atoms with Crippen LogP contribution in [0.1, 0.15) is 64.3 Å².